The molecule has 1 aromatic heterocycles. The molecule has 0 saturated heterocycles. The first-order valence-corrected chi connectivity index (χ1v) is 6.09. The van der Waals surface area contributed by atoms with Gasteiger partial charge in [-0.2, -0.15) is 5.10 Å². The lowest BCUT2D eigenvalue weighted by molar-refractivity contribution is 0.0908. The highest BCUT2D eigenvalue weighted by atomic mass is 16.3. The van der Waals surface area contributed by atoms with Crippen LogP contribution in [0.3, 0.4) is 0 Å². The van der Waals surface area contributed by atoms with E-state index in [1.165, 1.54) is 4.68 Å². The summed E-state index contributed by atoms with van der Waals surface area (Å²) in [5.41, 5.74) is 7.26. The summed E-state index contributed by atoms with van der Waals surface area (Å²) in [6, 6.07) is -0.0721. The first-order chi connectivity index (χ1) is 8.38. The van der Waals surface area contributed by atoms with E-state index in [0.29, 0.717) is 23.5 Å². The number of rotatable bonds is 5. The molecule has 0 saturated carbocycles. The second-order valence-electron chi connectivity index (χ2n) is 4.81. The Hall–Kier alpha value is -1.56. The lowest BCUT2D eigenvalue weighted by Crippen LogP contribution is -2.40. The van der Waals surface area contributed by atoms with Crippen LogP contribution in [-0.4, -0.2) is 33.4 Å². The average Bonchev–Trinajstić information content (AvgIpc) is 2.52. The van der Waals surface area contributed by atoms with Crippen LogP contribution in [0.25, 0.3) is 0 Å². The van der Waals surface area contributed by atoms with Gasteiger partial charge >= 0.3 is 0 Å². The summed E-state index contributed by atoms with van der Waals surface area (Å²) in [4.78, 5) is 12.2. The second kappa shape index (κ2) is 5.86. The van der Waals surface area contributed by atoms with Gasteiger partial charge in [0, 0.05) is 19.7 Å². The molecule has 0 aliphatic carbocycles. The van der Waals surface area contributed by atoms with Crippen molar-refractivity contribution in [3.63, 3.8) is 0 Å². The number of hydrogen-bond acceptors (Lipinski definition) is 4. The van der Waals surface area contributed by atoms with E-state index in [-0.39, 0.29) is 24.5 Å². The molecule has 0 aliphatic rings. The first-order valence-electron chi connectivity index (χ1n) is 6.09. The zero-order chi connectivity index (χ0) is 13.9. The molecule has 4 N–H and O–H groups in total. The average molecular weight is 254 g/mol. The molecule has 6 heteroatoms. The maximum Gasteiger partial charge on any atom is 0.271 e. The maximum absolute atomic E-state index is 12.2. The van der Waals surface area contributed by atoms with Crippen molar-refractivity contribution in [2.75, 3.05) is 12.3 Å². The third kappa shape index (κ3) is 3.01. The molecule has 1 unspecified atom stereocenters. The van der Waals surface area contributed by atoms with Crippen molar-refractivity contribution >= 4 is 11.6 Å². The van der Waals surface area contributed by atoms with E-state index in [9.17, 15) is 4.79 Å². The zero-order valence-corrected chi connectivity index (χ0v) is 11.4. The highest BCUT2D eigenvalue weighted by molar-refractivity contribution is 5.98. The molecule has 1 amide bonds. The van der Waals surface area contributed by atoms with Gasteiger partial charge in [0.1, 0.15) is 5.69 Å². The van der Waals surface area contributed by atoms with Crippen LogP contribution in [0.4, 0.5) is 5.69 Å². The van der Waals surface area contributed by atoms with Gasteiger partial charge in [0.05, 0.1) is 11.4 Å². The molecule has 18 heavy (non-hydrogen) atoms. The molecule has 0 bridgehead atoms. The summed E-state index contributed by atoms with van der Waals surface area (Å²) in [5.74, 6) is -0.000557. The topological polar surface area (TPSA) is 93.2 Å². The van der Waals surface area contributed by atoms with E-state index in [0.717, 1.165) is 0 Å². The largest absolute Gasteiger partial charge is 0.396 e. The minimum Gasteiger partial charge on any atom is -0.396 e. The van der Waals surface area contributed by atoms with Crippen LogP contribution in [0.2, 0.25) is 0 Å². The summed E-state index contributed by atoms with van der Waals surface area (Å²) in [6.07, 6.45) is 0.528. The van der Waals surface area contributed by atoms with Gasteiger partial charge in [-0.25, -0.2) is 0 Å². The Morgan fingerprint density at radius 3 is 2.56 bits per heavy atom. The van der Waals surface area contributed by atoms with Gasteiger partial charge in [0.15, 0.2) is 0 Å². The molecule has 0 spiro atoms. The van der Waals surface area contributed by atoms with E-state index in [1.807, 2.05) is 13.8 Å². The van der Waals surface area contributed by atoms with Crippen molar-refractivity contribution < 1.29 is 9.90 Å². The fourth-order valence-corrected chi connectivity index (χ4v) is 1.89. The SMILES string of the molecule is Cc1nn(C)c(C(=O)NC(CCO)C(C)C)c1N. The molecule has 1 rings (SSSR count). The second-order valence-corrected chi connectivity index (χ2v) is 4.81. The van der Waals surface area contributed by atoms with Crippen molar-refractivity contribution in [1.82, 2.24) is 15.1 Å². The molecule has 102 valence electrons. The van der Waals surface area contributed by atoms with Gasteiger partial charge in [-0.3, -0.25) is 9.48 Å². The quantitative estimate of drug-likeness (QED) is 0.711. The van der Waals surface area contributed by atoms with Crippen molar-refractivity contribution in [3.05, 3.63) is 11.4 Å². The number of carbonyl (C=O) groups excluding carboxylic acids is 1. The van der Waals surface area contributed by atoms with Crippen molar-refractivity contribution in [2.45, 2.75) is 33.2 Å². The van der Waals surface area contributed by atoms with E-state index >= 15 is 0 Å². The summed E-state index contributed by atoms with van der Waals surface area (Å²) < 4.78 is 1.48. The summed E-state index contributed by atoms with van der Waals surface area (Å²) >= 11 is 0. The molecular weight excluding hydrogens is 232 g/mol. The van der Waals surface area contributed by atoms with E-state index in [2.05, 4.69) is 10.4 Å². The first kappa shape index (κ1) is 14.5. The van der Waals surface area contributed by atoms with Crippen LogP contribution in [0.15, 0.2) is 0 Å². The van der Waals surface area contributed by atoms with E-state index in [1.54, 1.807) is 14.0 Å². The van der Waals surface area contributed by atoms with E-state index in [4.69, 9.17) is 10.8 Å². The minimum absolute atomic E-state index is 0.0447. The minimum atomic E-state index is -0.247. The smallest absolute Gasteiger partial charge is 0.271 e. The number of nitrogen functional groups attached to an aromatic ring is 1. The number of amides is 1. The summed E-state index contributed by atoms with van der Waals surface area (Å²) in [5, 5.41) is 16.0. The van der Waals surface area contributed by atoms with Crippen LogP contribution in [0.1, 0.15) is 36.5 Å². The molecule has 0 radical (unpaired) electrons. The Balaban J connectivity index is 2.87. The molecule has 1 aromatic rings. The number of nitrogens with one attached hydrogen (secondary N) is 1. The third-order valence-electron chi connectivity index (χ3n) is 3.04. The number of nitrogens with zero attached hydrogens (tertiary/aromatic N) is 2. The molecular formula is C12H22N4O2. The van der Waals surface area contributed by atoms with Gasteiger partial charge in [-0.1, -0.05) is 13.8 Å². The monoisotopic (exact) mass is 254 g/mol. The predicted octanol–water partition coefficient (Wildman–Crippen LogP) is 0.448. The van der Waals surface area contributed by atoms with Gasteiger partial charge in [0.25, 0.3) is 5.91 Å². The number of aliphatic hydroxyl groups excluding tert-OH is 1. The van der Waals surface area contributed by atoms with Gasteiger partial charge in [-0.15, -0.1) is 0 Å². The Bertz CT molecular complexity index is 426. The normalized spacial score (nSPS) is 12.8. The van der Waals surface area contributed by atoms with Gasteiger partial charge < -0.3 is 16.2 Å². The maximum atomic E-state index is 12.2. The van der Waals surface area contributed by atoms with Crippen LogP contribution < -0.4 is 11.1 Å². The number of aromatic nitrogens is 2. The van der Waals surface area contributed by atoms with Crippen molar-refractivity contribution in [2.24, 2.45) is 13.0 Å². The number of hydrogen-bond donors (Lipinski definition) is 3. The van der Waals surface area contributed by atoms with Crippen LogP contribution in [0, 0.1) is 12.8 Å². The molecule has 1 atom stereocenters. The highest BCUT2D eigenvalue weighted by Crippen LogP contribution is 2.16. The van der Waals surface area contributed by atoms with Crippen LogP contribution in [-0.2, 0) is 7.05 Å². The fraction of sp³-hybridized carbons (Fsp3) is 0.667. The van der Waals surface area contributed by atoms with Crippen LogP contribution >= 0.6 is 0 Å². The predicted molar refractivity (Wildman–Crippen MR) is 70.2 cm³/mol. The van der Waals surface area contributed by atoms with Crippen molar-refractivity contribution in [1.29, 1.82) is 0 Å². The highest BCUT2D eigenvalue weighted by Gasteiger charge is 2.22. The van der Waals surface area contributed by atoms with Crippen molar-refractivity contribution in [3.8, 4) is 0 Å². The van der Waals surface area contributed by atoms with E-state index < -0.39 is 0 Å². The number of nitrogens with two attached hydrogens (primary N) is 1. The van der Waals surface area contributed by atoms with Gasteiger partial charge in [-0.05, 0) is 19.3 Å². The molecule has 0 aliphatic heterocycles. The number of aliphatic hydroxyl groups is 1. The number of anilines is 1. The standard InChI is InChI=1S/C12H22N4O2/c1-7(2)9(5-6-17)14-12(18)11-10(13)8(3)15-16(11)4/h7,9,17H,5-6,13H2,1-4H3,(H,14,18). The zero-order valence-electron chi connectivity index (χ0n) is 11.4. The lowest BCUT2D eigenvalue weighted by Gasteiger charge is -2.21. The Morgan fingerprint density at radius 2 is 2.17 bits per heavy atom. The lowest BCUT2D eigenvalue weighted by atomic mass is 10.0. The Labute approximate surface area is 107 Å². The summed E-state index contributed by atoms with van der Waals surface area (Å²) in [6.45, 7) is 5.81. The Morgan fingerprint density at radius 1 is 1.56 bits per heavy atom. The number of carbonyl (C=O) groups is 1. The van der Waals surface area contributed by atoms with Gasteiger partial charge in [0.2, 0.25) is 0 Å². The molecule has 0 fully saturated rings. The molecule has 6 nitrogen and oxygen atoms in total. The molecule has 1 heterocycles. The number of aryl methyl sites for hydroxylation is 2. The fourth-order valence-electron chi connectivity index (χ4n) is 1.89. The molecule has 0 aromatic carbocycles. The summed E-state index contributed by atoms with van der Waals surface area (Å²) in [7, 11) is 1.69. The van der Waals surface area contributed by atoms with Crippen LogP contribution in [0.5, 0.6) is 0 Å². The third-order valence-corrected chi connectivity index (χ3v) is 3.04. The Kier molecular flexibility index (Phi) is 4.72.